The Balaban J connectivity index is 2.11. The highest BCUT2D eigenvalue weighted by molar-refractivity contribution is 8.08. The van der Waals surface area contributed by atoms with Crippen LogP contribution in [0.1, 0.15) is 52.7 Å². The van der Waals surface area contributed by atoms with Gasteiger partial charge in [0.15, 0.2) is 0 Å². The number of hydrogen-bond donors (Lipinski definition) is 0. The fourth-order valence-corrected chi connectivity index (χ4v) is 4.33. The van der Waals surface area contributed by atoms with Crippen molar-refractivity contribution in [2.75, 3.05) is 0 Å². The highest BCUT2D eigenvalue weighted by atomic mass is 32.2. The predicted molar refractivity (Wildman–Crippen MR) is 103 cm³/mol. The van der Waals surface area contributed by atoms with Crippen LogP contribution in [0.25, 0.3) is 0 Å². The van der Waals surface area contributed by atoms with Crippen LogP contribution in [-0.2, 0) is 14.5 Å². The molecule has 0 aromatic heterocycles. The van der Waals surface area contributed by atoms with Gasteiger partial charge in [-0.05, 0) is 34.1 Å². The Kier molecular flexibility index (Phi) is 5.88. The van der Waals surface area contributed by atoms with Crippen LogP contribution in [-0.4, -0.2) is 0 Å². The minimum absolute atomic E-state index is 0.112. The molecule has 1 nitrogen and oxygen atoms in total. The highest BCUT2D eigenvalue weighted by Crippen LogP contribution is 2.39. The first-order valence-electron chi connectivity index (χ1n) is 7.90. The average molecular weight is 347 g/mol. The van der Waals surface area contributed by atoms with Crippen molar-refractivity contribution in [2.45, 2.75) is 62.2 Å². The second-order valence-corrected chi connectivity index (χ2v) is 9.48. The van der Waals surface area contributed by atoms with Crippen LogP contribution < -0.4 is 0 Å². The zero-order chi connectivity index (χ0) is 17.1. The molecule has 0 aliphatic heterocycles. The van der Waals surface area contributed by atoms with E-state index in [2.05, 4.69) is 90.1 Å². The summed E-state index contributed by atoms with van der Waals surface area (Å²) in [5.74, 6) is 0. The Morgan fingerprint density at radius 2 is 0.957 bits per heavy atom. The lowest BCUT2D eigenvalue weighted by molar-refractivity contribution is 0.574. The van der Waals surface area contributed by atoms with Crippen molar-refractivity contribution in [3.05, 3.63) is 59.7 Å². The van der Waals surface area contributed by atoms with Crippen molar-refractivity contribution >= 4 is 24.1 Å². The number of rotatable bonds is 4. The second kappa shape index (κ2) is 7.33. The summed E-state index contributed by atoms with van der Waals surface area (Å²) in [7, 11) is 0. The second-order valence-electron chi connectivity index (χ2n) is 7.73. The van der Waals surface area contributed by atoms with Gasteiger partial charge in [0.05, 0.1) is 0 Å². The van der Waals surface area contributed by atoms with Gasteiger partial charge in [0.1, 0.15) is 0 Å². The Morgan fingerprint density at radius 3 is 1.30 bits per heavy atom. The van der Waals surface area contributed by atoms with E-state index in [0.717, 1.165) is 0 Å². The SMILES string of the molecule is CC(C)(C)c1ccccc1SOSc1ccccc1C(C)(C)C. The molecule has 2 rings (SSSR count). The molecule has 124 valence electrons. The standard InChI is InChI=1S/C20H26OS2/c1-19(2,3)15-11-7-9-13-17(15)22-21-23-18-14-10-8-12-16(18)20(4,5)6/h7-14H,1-6H3. The topological polar surface area (TPSA) is 9.23 Å². The van der Waals surface area contributed by atoms with Gasteiger partial charge < -0.3 is 0 Å². The summed E-state index contributed by atoms with van der Waals surface area (Å²) in [6.07, 6.45) is 0. The Morgan fingerprint density at radius 1 is 0.609 bits per heavy atom. The largest absolute Gasteiger partial charge is 0.237 e. The van der Waals surface area contributed by atoms with Crippen molar-refractivity contribution in [3.8, 4) is 0 Å². The first-order chi connectivity index (χ1) is 10.7. The van der Waals surface area contributed by atoms with E-state index in [4.69, 9.17) is 3.63 Å². The molecule has 0 aliphatic carbocycles. The average Bonchev–Trinajstić information content (AvgIpc) is 2.46. The van der Waals surface area contributed by atoms with Crippen LogP contribution in [0.15, 0.2) is 58.3 Å². The van der Waals surface area contributed by atoms with E-state index in [1.165, 1.54) is 45.0 Å². The van der Waals surface area contributed by atoms with Crippen LogP contribution in [0.3, 0.4) is 0 Å². The molecular formula is C20H26OS2. The van der Waals surface area contributed by atoms with E-state index < -0.39 is 0 Å². The van der Waals surface area contributed by atoms with Crippen molar-refractivity contribution in [1.29, 1.82) is 0 Å². The maximum absolute atomic E-state index is 5.91. The van der Waals surface area contributed by atoms with Gasteiger partial charge in [-0.2, -0.15) is 0 Å². The molecule has 0 saturated heterocycles. The lowest BCUT2D eigenvalue weighted by Gasteiger charge is -2.23. The van der Waals surface area contributed by atoms with Crippen LogP contribution >= 0.6 is 24.1 Å². The molecule has 0 fully saturated rings. The molecule has 0 spiro atoms. The van der Waals surface area contributed by atoms with Gasteiger partial charge in [-0.15, -0.1) is 0 Å². The van der Waals surface area contributed by atoms with E-state index in [1.54, 1.807) is 0 Å². The van der Waals surface area contributed by atoms with E-state index in [9.17, 15) is 0 Å². The molecular weight excluding hydrogens is 320 g/mol. The van der Waals surface area contributed by atoms with E-state index in [-0.39, 0.29) is 10.8 Å². The molecule has 0 amide bonds. The van der Waals surface area contributed by atoms with Gasteiger partial charge in [-0.3, -0.25) is 0 Å². The summed E-state index contributed by atoms with van der Waals surface area (Å²) in [6, 6.07) is 16.9. The molecule has 0 atom stereocenters. The Hall–Kier alpha value is -0.900. The maximum Gasteiger partial charge on any atom is 0.0450 e. The van der Waals surface area contributed by atoms with Gasteiger partial charge in [-0.1, -0.05) is 77.9 Å². The van der Waals surface area contributed by atoms with Crippen LogP contribution in [0, 0.1) is 0 Å². The Labute approximate surface area is 149 Å². The molecule has 0 unspecified atom stereocenters. The van der Waals surface area contributed by atoms with Crippen molar-refractivity contribution in [3.63, 3.8) is 0 Å². The minimum Gasteiger partial charge on any atom is -0.237 e. The third-order valence-corrected chi connectivity index (χ3v) is 5.25. The summed E-state index contributed by atoms with van der Waals surface area (Å²) in [6.45, 7) is 13.4. The third-order valence-electron chi connectivity index (χ3n) is 3.64. The van der Waals surface area contributed by atoms with Gasteiger partial charge in [-0.25, -0.2) is 3.63 Å². The van der Waals surface area contributed by atoms with E-state index >= 15 is 0 Å². The molecule has 0 bridgehead atoms. The summed E-state index contributed by atoms with van der Waals surface area (Å²) >= 11 is 2.90. The summed E-state index contributed by atoms with van der Waals surface area (Å²) in [5, 5.41) is 0. The van der Waals surface area contributed by atoms with Gasteiger partial charge in [0.2, 0.25) is 0 Å². The fraction of sp³-hybridized carbons (Fsp3) is 0.400. The third kappa shape index (κ3) is 5.03. The molecule has 23 heavy (non-hydrogen) atoms. The van der Waals surface area contributed by atoms with Crippen molar-refractivity contribution in [2.24, 2.45) is 0 Å². The van der Waals surface area contributed by atoms with Crippen LogP contribution in [0.5, 0.6) is 0 Å². The molecule has 0 radical (unpaired) electrons. The van der Waals surface area contributed by atoms with Gasteiger partial charge in [0.25, 0.3) is 0 Å². The summed E-state index contributed by atoms with van der Waals surface area (Å²) < 4.78 is 5.91. The lowest BCUT2D eigenvalue weighted by atomic mass is 9.87. The molecule has 0 N–H and O–H groups in total. The predicted octanol–water partition coefficient (Wildman–Crippen LogP) is 7.01. The number of benzene rings is 2. The highest BCUT2D eigenvalue weighted by Gasteiger charge is 2.20. The smallest absolute Gasteiger partial charge is 0.0450 e. The fourth-order valence-electron chi connectivity index (χ4n) is 2.41. The summed E-state index contributed by atoms with van der Waals surface area (Å²) in [4.78, 5) is 2.36. The molecule has 3 heteroatoms. The summed E-state index contributed by atoms with van der Waals surface area (Å²) in [5.41, 5.74) is 2.85. The lowest BCUT2D eigenvalue weighted by Crippen LogP contribution is -2.12. The quantitative estimate of drug-likeness (QED) is 0.551. The zero-order valence-electron chi connectivity index (χ0n) is 14.8. The minimum atomic E-state index is 0.112. The van der Waals surface area contributed by atoms with E-state index in [1.807, 2.05) is 0 Å². The normalized spacial score (nSPS) is 12.4. The monoisotopic (exact) mass is 346 g/mol. The first kappa shape index (κ1) is 18.4. The van der Waals surface area contributed by atoms with Gasteiger partial charge in [0, 0.05) is 33.9 Å². The first-order valence-corrected chi connectivity index (χ1v) is 9.38. The molecule has 0 saturated carbocycles. The van der Waals surface area contributed by atoms with E-state index in [0.29, 0.717) is 0 Å². The van der Waals surface area contributed by atoms with Crippen LogP contribution in [0.2, 0.25) is 0 Å². The van der Waals surface area contributed by atoms with Crippen molar-refractivity contribution in [1.82, 2.24) is 0 Å². The Bertz CT molecular complexity index is 594. The molecule has 2 aromatic carbocycles. The molecule has 0 heterocycles. The molecule has 0 aliphatic rings. The van der Waals surface area contributed by atoms with Gasteiger partial charge >= 0.3 is 0 Å². The van der Waals surface area contributed by atoms with Crippen molar-refractivity contribution < 1.29 is 3.63 Å². The number of hydrogen-bond acceptors (Lipinski definition) is 3. The zero-order valence-corrected chi connectivity index (χ0v) is 16.5. The maximum atomic E-state index is 5.91. The van der Waals surface area contributed by atoms with Crippen LogP contribution in [0.4, 0.5) is 0 Å². The molecule has 2 aromatic rings.